The van der Waals surface area contributed by atoms with Crippen molar-refractivity contribution in [1.82, 2.24) is 30.4 Å². The van der Waals surface area contributed by atoms with E-state index in [1.807, 2.05) is 19.1 Å². The summed E-state index contributed by atoms with van der Waals surface area (Å²) < 4.78 is 5.68. The summed E-state index contributed by atoms with van der Waals surface area (Å²) in [5, 5.41) is 15.5. The number of amides is 2. The summed E-state index contributed by atoms with van der Waals surface area (Å²) in [5.41, 5.74) is 1.77. The molecule has 0 radical (unpaired) electrons. The smallest absolute Gasteiger partial charge is 0.246 e. The van der Waals surface area contributed by atoms with Crippen LogP contribution in [-0.2, 0) is 20.9 Å². The van der Waals surface area contributed by atoms with Gasteiger partial charge >= 0.3 is 0 Å². The van der Waals surface area contributed by atoms with E-state index in [0.29, 0.717) is 49.9 Å². The molecule has 0 spiro atoms. The van der Waals surface area contributed by atoms with Crippen LogP contribution in [-0.4, -0.2) is 69.3 Å². The molecule has 0 unspecified atom stereocenters. The number of nitrogens with one attached hydrogen (secondary N) is 1. The van der Waals surface area contributed by atoms with E-state index in [4.69, 9.17) is 16.3 Å². The number of nitrogens with zero attached hydrogens (tertiary/aromatic N) is 5. The SMILES string of the molecule is CCCNC(=O)COC1CCN(C(=O)/C=C/c2ccc(Cl)cc2Cn2nnc(C)n2)CC1. The summed E-state index contributed by atoms with van der Waals surface area (Å²) in [6.07, 6.45) is 5.68. The standard InChI is InChI=1S/C22H29ClN6O3/c1-3-10-24-21(30)15-32-20-8-11-28(12-9-20)22(31)7-5-17-4-6-19(23)13-18(17)14-29-26-16(2)25-27-29/h4-7,13,20H,3,8-12,14-15H2,1-2H3,(H,24,30)/b7-5+. The lowest BCUT2D eigenvalue weighted by molar-refractivity contribution is -0.133. The molecule has 0 bridgehead atoms. The molecule has 1 fully saturated rings. The van der Waals surface area contributed by atoms with Gasteiger partial charge in [-0.3, -0.25) is 9.59 Å². The molecule has 1 saturated heterocycles. The summed E-state index contributed by atoms with van der Waals surface area (Å²) >= 11 is 6.15. The van der Waals surface area contributed by atoms with Gasteiger partial charge in [0.1, 0.15) is 6.61 Å². The van der Waals surface area contributed by atoms with E-state index in [1.54, 1.807) is 30.0 Å². The van der Waals surface area contributed by atoms with Crippen LogP contribution in [0.2, 0.25) is 5.02 Å². The van der Waals surface area contributed by atoms with Gasteiger partial charge in [-0.1, -0.05) is 24.6 Å². The molecule has 1 aromatic carbocycles. The number of ether oxygens (including phenoxy) is 1. The van der Waals surface area contributed by atoms with Gasteiger partial charge in [0.25, 0.3) is 0 Å². The van der Waals surface area contributed by atoms with E-state index in [-0.39, 0.29) is 24.5 Å². The Labute approximate surface area is 192 Å². The number of hydrogen-bond donors (Lipinski definition) is 1. The van der Waals surface area contributed by atoms with Gasteiger partial charge in [0.05, 0.1) is 12.6 Å². The Balaban J connectivity index is 1.52. The molecular formula is C22H29ClN6O3. The first-order chi connectivity index (χ1) is 15.4. The third-order valence-corrected chi connectivity index (χ3v) is 5.39. The van der Waals surface area contributed by atoms with Crippen LogP contribution in [0.4, 0.5) is 0 Å². The van der Waals surface area contributed by atoms with Gasteiger partial charge in [-0.05, 0) is 60.7 Å². The third-order valence-electron chi connectivity index (χ3n) is 5.15. The monoisotopic (exact) mass is 460 g/mol. The quantitative estimate of drug-likeness (QED) is 0.576. The van der Waals surface area contributed by atoms with E-state index in [9.17, 15) is 9.59 Å². The maximum Gasteiger partial charge on any atom is 0.246 e. The summed E-state index contributed by atoms with van der Waals surface area (Å²) in [4.78, 5) is 27.6. The Morgan fingerprint density at radius 3 is 2.78 bits per heavy atom. The predicted molar refractivity (Wildman–Crippen MR) is 121 cm³/mol. The van der Waals surface area contributed by atoms with Crippen LogP contribution in [0.5, 0.6) is 0 Å². The van der Waals surface area contributed by atoms with Crippen molar-refractivity contribution in [2.24, 2.45) is 0 Å². The highest BCUT2D eigenvalue weighted by atomic mass is 35.5. The second-order valence-corrected chi connectivity index (χ2v) is 8.17. The topological polar surface area (TPSA) is 102 Å². The summed E-state index contributed by atoms with van der Waals surface area (Å²) in [7, 11) is 0. The predicted octanol–water partition coefficient (Wildman–Crippen LogP) is 2.23. The Kier molecular flexibility index (Phi) is 8.75. The fraction of sp³-hybridized carbons (Fsp3) is 0.500. The second kappa shape index (κ2) is 11.7. The fourth-order valence-electron chi connectivity index (χ4n) is 3.43. The Bertz CT molecular complexity index is 953. The van der Waals surface area contributed by atoms with E-state index in [1.165, 1.54) is 4.80 Å². The zero-order valence-corrected chi connectivity index (χ0v) is 19.2. The fourth-order valence-corrected chi connectivity index (χ4v) is 3.63. The van der Waals surface area contributed by atoms with Gasteiger partial charge in [0, 0.05) is 30.7 Å². The average molecular weight is 461 g/mol. The zero-order valence-electron chi connectivity index (χ0n) is 18.5. The van der Waals surface area contributed by atoms with Crippen molar-refractivity contribution >= 4 is 29.5 Å². The minimum Gasteiger partial charge on any atom is -0.368 e. The first-order valence-electron chi connectivity index (χ1n) is 10.8. The van der Waals surface area contributed by atoms with Crippen molar-refractivity contribution in [1.29, 1.82) is 0 Å². The van der Waals surface area contributed by atoms with E-state index in [0.717, 1.165) is 17.5 Å². The van der Waals surface area contributed by atoms with Gasteiger partial charge in [-0.15, -0.1) is 10.2 Å². The lowest BCUT2D eigenvalue weighted by atomic mass is 10.1. The molecule has 3 rings (SSSR count). The Hall–Kier alpha value is -2.78. The molecule has 9 nitrogen and oxygen atoms in total. The molecule has 0 atom stereocenters. The third kappa shape index (κ3) is 7.13. The number of aryl methyl sites for hydroxylation is 1. The Morgan fingerprint density at radius 2 is 2.09 bits per heavy atom. The van der Waals surface area contributed by atoms with Crippen LogP contribution < -0.4 is 5.32 Å². The van der Waals surface area contributed by atoms with Crippen LogP contribution in [0.1, 0.15) is 43.1 Å². The maximum absolute atomic E-state index is 12.7. The molecule has 0 saturated carbocycles. The molecule has 1 N–H and O–H groups in total. The van der Waals surface area contributed by atoms with Crippen LogP contribution in [0.25, 0.3) is 6.08 Å². The number of aromatic nitrogens is 4. The van der Waals surface area contributed by atoms with Crippen molar-refractivity contribution < 1.29 is 14.3 Å². The number of carbonyl (C=O) groups excluding carboxylic acids is 2. The summed E-state index contributed by atoms with van der Waals surface area (Å²) in [6, 6.07) is 5.49. The van der Waals surface area contributed by atoms with Gasteiger partial charge in [0.2, 0.25) is 11.8 Å². The highest BCUT2D eigenvalue weighted by Crippen LogP contribution is 2.19. The van der Waals surface area contributed by atoms with E-state index < -0.39 is 0 Å². The van der Waals surface area contributed by atoms with Gasteiger partial charge in [0.15, 0.2) is 5.82 Å². The molecule has 172 valence electrons. The van der Waals surface area contributed by atoms with Gasteiger partial charge in [-0.2, -0.15) is 4.80 Å². The van der Waals surface area contributed by atoms with Crippen LogP contribution >= 0.6 is 11.6 Å². The molecule has 1 aromatic heterocycles. The van der Waals surface area contributed by atoms with Crippen molar-refractivity contribution in [2.75, 3.05) is 26.2 Å². The largest absolute Gasteiger partial charge is 0.368 e. The normalized spacial score (nSPS) is 14.8. The number of carbonyl (C=O) groups is 2. The molecule has 2 heterocycles. The number of benzene rings is 1. The molecule has 2 aromatic rings. The second-order valence-electron chi connectivity index (χ2n) is 7.73. The number of likely N-dealkylation sites (tertiary alicyclic amines) is 1. The minimum absolute atomic E-state index is 0.00286. The number of halogens is 1. The molecule has 0 aliphatic carbocycles. The highest BCUT2D eigenvalue weighted by molar-refractivity contribution is 6.30. The van der Waals surface area contributed by atoms with Crippen molar-refractivity contribution in [2.45, 2.75) is 45.8 Å². The molecule has 32 heavy (non-hydrogen) atoms. The van der Waals surface area contributed by atoms with Gasteiger partial charge < -0.3 is 15.0 Å². The lowest BCUT2D eigenvalue weighted by Crippen LogP contribution is -2.41. The zero-order chi connectivity index (χ0) is 22.9. The minimum atomic E-state index is -0.0942. The number of hydrogen-bond acceptors (Lipinski definition) is 6. The van der Waals surface area contributed by atoms with E-state index >= 15 is 0 Å². The number of piperidine rings is 1. The maximum atomic E-state index is 12.7. The molecule has 1 aliphatic heterocycles. The van der Waals surface area contributed by atoms with Crippen LogP contribution in [0.15, 0.2) is 24.3 Å². The number of tetrazole rings is 1. The van der Waals surface area contributed by atoms with Crippen molar-refractivity contribution in [3.8, 4) is 0 Å². The van der Waals surface area contributed by atoms with Crippen molar-refractivity contribution in [3.63, 3.8) is 0 Å². The molecular weight excluding hydrogens is 432 g/mol. The van der Waals surface area contributed by atoms with Gasteiger partial charge in [-0.25, -0.2) is 0 Å². The molecule has 1 aliphatic rings. The van der Waals surface area contributed by atoms with Crippen LogP contribution in [0.3, 0.4) is 0 Å². The first-order valence-corrected chi connectivity index (χ1v) is 11.2. The molecule has 10 heteroatoms. The summed E-state index contributed by atoms with van der Waals surface area (Å²) in [5.74, 6) is 0.441. The average Bonchev–Trinajstić information content (AvgIpc) is 3.20. The molecule has 2 amide bonds. The Morgan fingerprint density at radius 1 is 1.31 bits per heavy atom. The summed E-state index contributed by atoms with van der Waals surface area (Å²) in [6.45, 7) is 6.11. The lowest BCUT2D eigenvalue weighted by Gasteiger charge is -2.31. The van der Waals surface area contributed by atoms with E-state index in [2.05, 4.69) is 20.7 Å². The highest BCUT2D eigenvalue weighted by Gasteiger charge is 2.22. The first kappa shape index (κ1) is 23.9. The van der Waals surface area contributed by atoms with Crippen molar-refractivity contribution in [3.05, 3.63) is 46.2 Å². The van der Waals surface area contributed by atoms with Crippen LogP contribution in [0, 0.1) is 6.92 Å². The number of rotatable bonds is 9.